The number of carbonyl (C=O) groups excluding carboxylic acids is 1. The fourth-order valence-electron chi connectivity index (χ4n) is 1.86. The maximum atomic E-state index is 11.5. The molecule has 0 saturated carbocycles. The van der Waals surface area contributed by atoms with Gasteiger partial charge in [-0.25, -0.2) is 0 Å². The lowest BCUT2D eigenvalue weighted by molar-refractivity contribution is -0.149. The second kappa shape index (κ2) is 5.32. The summed E-state index contributed by atoms with van der Waals surface area (Å²) < 4.78 is 4.98. The molecule has 0 aromatic heterocycles. The highest BCUT2D eigenvalue weighted by Gasteiger charge is 2.31. The number of nitrogens with zero attached hydrogens (tertiary/aromatic N) is 1. The van der Waals surface area contributed by atoms with Crippen LogP contribution in [0.25, 0.3) is 0 Å². The Balaban J connectivity index is 2.49. The van der Waals surface area contributed by atoms with Gasteiger partial charge in [0.25, 0.3) is 0 Å². The summed E-state index contributed by atoms with van der Waals surface area (Å²) in [6.45, 7) is 5.58. The van der Waals surface area contributed by atoms with E-state index in [9.17, 15) is 9.90 Å². The third-order valence-electron chi connectivity index (χ3n) is 2.58. The normalized spacial score (nSPS) is 24.9. The van der Waals surface area contributed by atoms with Crippen LogP contribution in [0, 0.1) is 0 Å². The van der Waals surface area contributed by atoms with Gasteiger partial charge < -0.3 is 9.84 Å². The Hall–Kier alpha value is -0.610. The number of aliphatic hydroxyl groups excluding tert-OH is 1. The van der Waals surface area contributed by atoms with Crippen molar-refractivity contribution in [2.45, 2.75) is 38.8 Å². The second-order valence-electron chi connectivity index (χ2n) is 3.61. The Morgan fingerprint density at radius 2 is 2.36 bits per heavy atom. The van der Waals surface area contributed by atoms with Crippen molar-refractivity contribution in [1.29, 1.82) is 0 Å². The number of hydrogen-bond acceptors (Lipinski definition) is 4. The van der Waals surface area contributed by atoms with Gasteiger partial charge in [-0.05, 0) is 19.8 Å². The molecule has 0 aliphatic carbocycles. The summed E-state index contributed by atoms with van der Waals surface area (Å²) in [7, 11) is 0. The van der Waals surface area contributed by atoms with Crippen molar-refractivity contribution < 1.29 is 14.6 Å². The molecule has 1 saturated heterocycles. The van der Waals surface area contributed by atoms with Crippen molar-refractivity contribution >= 4 is 5.97 Å². The summed E-state index contributed by atoms with van der Waals surface area (Å²) in [6, 6.07) is -0.174. The van der Waals surface area contributed by atoms with Gasteiger partial charge in [-0.3, -0.25) is 9.69 Å². The van der Waals surface area contributed by atoms with E-state index in [1.54, 1.807) is 0 Å². The van der Waals surface area contributed by atoms with Crippen LogP contribution in [0.1, 0.15) is 26.7 Å². The van der Waals surface area contributed by atoms with Crippen LogP contribution < -0.4 is 0 Å². The van der Waals surface area contributed by atoms with E-state index in [1.165, 1.54) is 0 Å². The molecule has 0 amide bonds. The van der Waals surface area contributed by atoms with Crippen molar-refractivity contribution in [3.05, 3.63) is 0 Å². The van der Waals surface area contributed by atoms with Gasteiger partial charge in [-0.1, -0.05) is 6.92 Å². The Morgan fingerprint density at radius 1 is 1.64 bits per heavy atom. The molecule has 2 unspecified atom stereocenters. The van der Waals surface area contributed by atoms with E-state index in [0.717, 1.165) is 19.4 Å². The monoisotopic (exact) mass is 201 g/mol. The molecule has 0 spiro atoms. The summed E-state index contributed by atoms with van der Waals surface area (Å²) in [4.78, 5) is 13.5. The Morgan fingerprint density at radius 3 is 2.79 bits per heavy atom. The molecule has 1 N–H and O–H groups in total. The van der Waals surface area contributed by atoms with Crippen LogP contribution in [0.5, 0.6) is 0 Å². The smallest absolute Gasteiger partial charge is 0.323 e. The number of aliphatic hydroxyl groups is 1. The first-order chi connectivity index (χ1) is 6.69. The number of β-amino-alcohol motifs (C(OH)–C–C–N with tert-alkyl or cyclic N) is 1. The summed E-state index contributed by atoms with van der Waals surface area (Å²) >= 11 is 0. The summed E-state index contributed by atoms with van der Waals surface area (Å²) in [6.07, 6.45) is 1.22. The van der Waals surface area contributed by atoms with Crippen LogP contribution in [0.3, 0.4) is 0 Å². The molecule has 0 bridgehead atoms. The summed E-state index contributed by atoms with van der Waals surface area (Å²) in [5, 5.41) is 9.36. The molecule has 14 heavy (non-hydrogen) atoms. The highest BCUT2D eigenvalue weighted by atomic mass is 16.5. The maximum Gasteiger partial charge on any atom is 0.323 e. The molecule has 1 aliphatic heterocycles. The average Bonchev–Trinajstić information content (AvgIpc) is 2.54. The Bertz CT molecular complexity index is 196. The van der Waals surface area contributed by atoms with Gasteiger partial charge in [0, 0.05) is 13.1 Å². The second-order valence-corrected chi connectivity index (χ2v) is 3.61. The number of hydrogen-bond donors (Lipinski definition) is 1. The van der Waals surface area contributed by atoms with Gasteiger partial charge in [-0.2, -0.15) is 0 Å². The van der Waals surface area contributed by atoms with Crippen molar-refractivity contribution in [2.24, 2.45) is 0 Å². The van der Waals surface area contributed by atoms with E-state index in [-0.39, 0.29) is 18.1 Å². The van der Waals surface area contributed by atoms with Gasteiger partial charge in [0.2, 0.25) is 0 Å². The summed E-state index contributed by atoms with van der Waals surface area (Å²) in [5.41, 5.74) is 0. The third kappa shape index (κ3) is 2.69. The molecule has 0 radical (unpaired) electrons. The third-order valence-corrected chi connectivity index (χ3v) is 2.58. The first-order valence-corrected chi connectivity index (χ1v) is 5.27. The fraction of sp³-hybridized carbons (Fsp3) is 0.900. The molecule has 0 aromatic rings. The van der Waals surface area contributed by atoms with Crippen molar-refractivity contribution in [3.8, 4) is 0 Å². The Labute approximate surface area is 84.8 Å². The van der Waals surface area contributed by atoms with Crippen molar-refractivity contribution in [3.63, 3.8) is 0 Å². The van der Waals surface area contributed by atoms with E-state index >= 15 is 0 Å². The molecule has 1 aliphatic rings. The van der Waals surface area contributed by atoms with Crippen molar-refractivity contribution in [2.75, 3.05) is 19.7 Å². The zero-order chi connectivity index (χ0) is 10.6. The predicted molar refractivity (Wildman–Crippen MR) is 52.9 cm³/mol. The SMILES string of the molecule is CCOC(=O)C(CC)N1CCC(O)C1. The van der Waals surface area contributed by atoms with Gasteiger partial charge in [0.1, 0.15) is 6.04 Å². The summed E-state index contributed by atoms with van der Waals surface area (Å²) in [5.74, 6) is -0.163. The maximum absolute atomic E-state index is 11.5. The number of rotatable bonds is 4. The lowest BCUT2D eigenvalue weighted by atomic mass is 10.2. The predicted octanol–water partition coefficient (Wildman–Crippen LogP) is 0.395. The van der Waals surface area contributed by atoms with Crippen LogP contribution in [-0.4, -0.2) is 47.8 Å². The fourth-order valence-corrected chi connectivity index (χ4v) is 1.86. The standard InChI is InChI=1S/C10H19NO3/c1-3-9(10(13)14-4-2)11-6-5-8(12)7-11/h8-9,12H,3-7H2,1-2H3. The van der Waals surface area contributed by atoms with Crippen LogP contribution in [-0.2, 0) is 9.53 Å². The van der Waals surface area contributed by atoms with Gasteiger partial charge >= 0.3 is 5.97 Å². The number of carbonyl (C=O) groups is 1. The molecule has 1 fully saturated rings. The topological polar surface area (TPSA) is 49.8 Å². The molecule has 82 valence electrons. The van der Waals surface area contributed by atoms with Gasteiger partial charge in [-0.15, -0.1) is 0 Å². The lowest BCUT2D eigenvalue weighted by Gasteiger charge is -2.24. The minimum absolute atomic E-state index is 0.163. The van der Waals surface area contributed by atoms with Gasteiger partial charge in [0.15, 0.2) is 0 Å². The van der Waals surface area contributed by atoms with E-state index in [1.807, 2.05) is 18.7 Å². The van der Waals surface area contributed by atoms with Crippen LogP contribution >= 0.6 is 0 Å². The van der Waals surface area contributed by atoms with E-state index < -0.39 is 0 Å². The highest BCUT2D eigenvalue weighted by molar-refractivity contribution is 5.75. The largest absolute Gasteiger partial charge is 0.465 e. The van der Waals surface area contributed by atoms with Crippen molar-refractivity contribution in [1.82, 2.24) is 4.90 Å². The number of esters is 1. The lowest BCUT2D eigenvalue weighted by Crippen LogP contribution is -2.40. The van der Waals surface area contributed by atoms with E-state index in [2.05, 4.69) is 0 Å². The molecule has 1 rings (SSSR count). The molecule has 4 heteroatoms. The zero-order valence-corrected chi connectivity index (χ0v) is 8.90. The molecular formula is C10H19NO3. The molecule has 1 heterocycles. The first-order valence-electron chi connectivity index (χ1n) is 5.27. The average molecular weight is 201 g/mol. The van der Waals surface area contributed by atoms with Crippen LogP contribution in [0.4, 0.5) is 0 Å². The minimum Gasteiger partial charge on any atom is -0.465 e. The highest BCUT2D eigenvalue weighted by Crippen LogP contribution is 2.15. The minimum atomic E-state index is -0.279. The molecular weight excluding hydrogens is 182 g/mol. The van der Waals surface area contributed by atoms with Crippen LogP contribution in [0.15, 0.2) is 0 Å². The molecule has 4 nitrogen and oxygen atoms in total. The van der Waals surface area contributed by atoms with Gasteiger partial charge in [0.05, 0.1) is 12.7 Å². The van der Waals surface area contributed by atoms with E-state index in [4.69, 9.17) is 4.74 Å². The number of likely N-dealkylation sites (tertiary alicyclic amines) is 1. The number of ether oxygens (including phenoxy) is 1. The van der Waals surface area contributed by atoms with E-state index in [0.29, 0.717) is 13.2 Å². The Kier molecular flexibility index (Phi) is 4.35. The van der Waals surface area contributed by atoms with Crippen LogP contribution in [0.2, 0.25) is 0 Å². The zero-order valence-electron chi connectivity index (χ0n) is 8.90. The quantitative estimate of drug-likeness (QED) is 0.669. The molecule has 0 aromatic carbocycles. The first kappa shape index (κ1) is 11.5. The molecule has 2 atom stereocenters.